The molecule has 0 radical (unpaired) electrons. The second kappa shape index (κ2) is 11.3. The van der Waals surface area contributed by atoms with Gasteiger partial charge < -0.3 is 10.2 Å². The number of rotatable bonds is 10. The third-order valence-corrected chi connectivity index (χ3v) is 6.79. The molecule has 0 saturated heterocycles. The lowest BCUT2D eigenvalue weighted by Crippen LogP contribution is -2.52. The zero-order valence-electron chi connectivity index (χ0n) is 20.3. The van der Waals surface area contributed by atoms with Gasteiger partial charge in [-0.1, -0.05) is 55.0 Å². The number of anilines is 1. The van der Waals surface area contributed by atoms with E-state index in [4.69, 9.17) is 0 Å². The van der Waals surface area contributed by atoms with E-state index in [2.05, 4.69) is 5.32 Å². The molecule has 2 rings (SSSR count). The first-order chi connectivity index (χ1) is 15.4. The molecule has 8 heteroatoms. The maximum absolute atomic E-state index is 13.5. The number of carbonyl (C=O) groups excluding carboxylic acids is 2. The van der Waals surface area contributed by atoms with Crippen molar-refractivity contribution in [1.29, 1.82) is 0 Å². The van der Waals surface area contributed by atoms with E-state index >= 15 is 0 Å². The van der Waals surface area contributed by atoms with Gasteiger partial charge in [-0.15, -0.1) is 0 Å². The maximum Gasteiger partial charge on any atom is 0.244 e. The molecule has 33 heavy (non-hydrogen) atoms. The summed E-state index contributed by atoms with van der Waals surface area (Å²) in [4.78, 5) is 27.8. The Morgan fingerprint density at radius 1 is 1.03 bits per heavy atom. The minimum Gasteiger partial charge on any atom is -0.352 e. The lowest BCUT2D eigenvalue weighted by Gasteiger charge is -2.32. The quantitative estimate of drug-likeness (QED) is 0.573. The Bertz CT molecular complexity index is 1080. The van der Waals surface area contributed by atoms with Gasteiger partial charge in [-0.05, 0) is 51.3 Å². The molecule has 2 aromatic rings. The average Bonchev–Trinajstić information content (AvgIpc) is 2.75. The largest absolute Gasteiger partial charge is 0.352 e. The van der Waals surface area contributed by atoms with Crippen LogP contribution in [0.5, 0.6) is 0 Å². The summed E-state index contributed by atoms with van der Waals surface area (Å²) in [6.07, 6.45) is 1.84. The van der Waals surface area contributed by atoms with Gasteiger partial charge in [0.05, 0.1) is 11.9 Å². The molecule has 0 fully saturated rings. The van der Waals surface area contributed by atoms with E-state index in [0.29, 0.717) is 5.69 Å². The number of benzene rings is 2. The average molecular weight is 474 g/mol. The Morgan fingerprint density at radius 2 is 1.70 bits per heavy atom. The van der Waals surface area contributed by atoms with Crippen molar-refractivity contribution >= 4 is 27.5 Å². The van der Waals surface area contributed by atoms with Gasteiger partial charge in [-0.2, -0.15) is 0 Å². The van der Waals surface area contributed by atoms with E-state index in [1.54, 1.807) is 32.0 Å². The molecule has 180 valence electrons. The Kier molecular flexibility index (Phi) is 9.05. The lowest BCUT2D eigenvalue weighted by molar-refractivity contribution is -0.139. The van der Waals surface area contributed by atoms with E-state index in [1.165, 1.54) is 4.90 Å². The number of nitrogens with zero attached hydrogens (tertiary/aromatic N) is 2. The third kappa shape index (κ3) is 7.32. The highest BCUT2D eigenvalue weighted by Gasteiger charge is 2.30. The molecule has 2 amide bonds. The van der Waals surface area contributed by atoms with E-state index in [9.17, 15) is 18.0 Å². The Hall–Kier alpha value is -2.87. The minimum absolute atomic E-state index is 0.0321. The zero-order chi connectivity index (χ0) is 24.8. The van der Waals surface area contributed by atoms with Gasteiger partial charge in [0.2, 0.25) is 21.8 Å². The van der Waals surface area contributed by atoms with Crippen molar-refractivity contribution in [3.05, 3.63) is 65.2 Å². The number of hydrogen-bond acceptors (Lipinski definition) is 4. The molecule has 0 aliphatic rings. The standard InChI is InChI=1S/C25H35N3O4S/c1-7-20(4)26-25(30)21(5)27(16-22-13-10-11-18(2)15-22)24(29)17-28(33(6,31)32)23-14-9-8-12-19(23)3/h8-15,20-21H,7,16-17H2,1-6H3,(H,26,30)/t20-,21-/m0/s1. The number of para-hydroxylation sites is 1. The number of hydrogen-bond donors (Lipinski definition) is 1. The fourth-order valence-corrected chi connectivity index (χ4v) is 4.40. The van der Waals surface area contributed by atoms with Gasteiger partial charge in [0, 0.05) is 12.6 Å². The van der Waals surface area contributed by atoms with E-state index in [0.717, 1.165) is 33.7 Å². The maximum atomic E-state index is 13.5. The molecule has 0 aliphatic carbocycles. The molecule has 2 aromatic carbocycles. The van der Waals surface area contributed by atoms with E-state index in [-0.39, 0.29) is 18.5 Å². The summed E-state index contributed by atoms with van der Waals surface area (Å²) in [6.45, 7) is 9.10. The lowest BCUT2D eigenvalue weighted by atomic mass is 10.1. The number of nitrogens with one attached hydrogen (secondary N) is 1. The second-order valence-corrected chi connectivity index (χ2v) is 10.5. The third-order valence-electron chi connectivity index (χ3n) is 5.67. The van der Waals surface area contributed by atoms with Crippen LogP contribution in [0.15, 0.2) is 48.5 Å². The van der Waals surface area contributed by atoms with Crippen LogP contribution in [0.2, 0.25) is 0 Å². The highest BCUT2D eigenvalue weighted by Crippen LogP contribution is 2.23. The summed E-state index contributed by atoms with van der Waals surface area (Å²) in [6, 6.07) is 13.9. The molecule has 1 N–H and O–H groups in total. The molecule has 0 spiro atoms. The van der Waals surface area contributed by atoms with E-state index in [1.807, 2.05) is 51.1 Å². The van der Waals surface area contributed by atoms with Gasteiger partial charge in [-0.3, -0.25) is 13.9 Å². The minimum atomic E-state index is -3.73. The van der Waals surface area contributed by atoms with Crippen molar-refractivity contribution in [3.63, 3.8) is 0 Å². The van der Waals surface area contributed by atoms with Gasteiger partial charge in [0.15, 0.2) is 0 Å². The molecule has 7 nitrogen and oxygen atoms in total. The summed E-state index contributed by atoms with van der Waals surface area (Å²) in [5.41, 5.74) is 3.09. The van der Waals surface area contributed by atoms with Crippen molar-refractivity contribution in [1.82, 2.24) is 10.2 Å². The molecular formula is C25H35N3O4S. The van der Waals surface area contributed by atoms with Crippen molar-refractivity contribution < 1.29 is 18.0 Å². The summed E-state index contributed by atoms with van der Waals surface area (Å²) in [5.74, 6) is -0.718. The van der Waals surface area contributed by atoms with Crippen molar-refractivity contribution in [2.24, 2.45) is 0 Å². The van der Waals surface area contributed by atoms with Gasteiger partial charge in [0.1, 0.15) is 12.6 Å². The topological polar surface area (TPSA) is 86.8 Å². The van der Waals surface area contributed by atoms with Crippen LogP contribution in [0.25, 0.3) is 0 Å². The number of carbonyl (C=O) groups is 2. The van der Waals surface area contributed by atoms with Gasteiger partial charge in [0.25, 0.3) is 0 Å². The highest BCUT2D eigenvalue weighted by atomic mass is 32.2. The zero-order valence-corrected chi connectivity index (χ0v) is 21.1. The van der Waals surface area contributed by atoms with Crippen LogP contribution >= 0.6 is 0 Å². The molecule has 0 aromatic heterocycles. The van der Waals surface area contributed by atoms with Gasteiger partial charge >= 0.3 is 0 Å². The highest BCUT2D eigenvalue weighted by molar-refractivity contribution is 7.92. The monoisotopic (exact) mass is 473 g/mol. The molecule has 2 atom stereocenters. The molecule has 0 unspecified atom stereocenters. The van der Waals surface area contributed by atoms with Crippen LogP contribution in [0.4, 0.5) is 5.69 Å². The first kappa shape index (κ1) is 26.4. The summed E-state index contributed by atoms with van der Waals surface area (Å²) >= 11 is 0. The fraction of sp³-hybridized carbons (Fsp3) is 0.440. The number of aryl methyl sites for hydroxylation is 2. The molecule has 0 heterocycles. The van der Waals surface area contributed by atoms with Crippen LogP contribution in [-0.2, 0) is 26.2 Å². The second-order valence-electron chi connectivity index (χ2n) is 8.56. The molecule has 0 saturated carbocycles. The van der Waals surface area contributed by atoms with Crippen LogP contribution in [0.1, 0.15) is 43.9 Å². The molecule has 0 aliphatic heterocycles. The van der Waals surface area contributed by atoms with Crippen LogP contribution in [0, 0.1) is 13.8 Å². The van der Waals surface area contributed by atoms with Gasteiger partial charge in [-0.25, -0.2) is 8.42 Å². The fourth-order valence-electron chi connectivity index (χ4n) is 3.49. The Morgan fingerprint density at radius 3 is 2.27 bits per heavy atom. The number of amides is 2. The first-order valence-corrected chi connectivity index (χ1v) is 13.0. The molecule has 0 bridgehead atoms. The summed E-state index contributed by atoms with van der Waals surface area (Å²) in [5, 5.41) is 2.92. The predicted octanol–water partition coefficient (Wildman–Crippen LogP) is 3.40. The Labute approximate surface area is 197 Å². The number of sulfonamides is 1. The van der Waals surface area contributed by atoms with Crippen molar-refractivity contribution in [3.8, 4) is 0 Å². The van der Waals surface area contributed by atoms with Crippen LogP contribution in [-0.4, -0.2) is 50.0 Å². The summed E-state index contributed by atoms with van der Waals surface area (Å²) in [7, 11) is -3.73. The smallest absolute Gasteiger partial charge is 0.244 e. The van der Waals surface area contributed by atoms with E-state index < -0.39 is 28.5 Å². The van der Waals surface area contributed by atoms with Crippen LogP contribution in [0.3, 0.4) is 0 Å². The Balaban J connectivity index is 2.40. The first-order valence-electron chi connectivity index (χ1n) is 11.1. The molecular weight excluding hydrogens is 438 g/mol. The predicted molar refractivity (Wildman–Crippen MR) is 132 cm³/mol. The van der Waals surface area contributed by atoms with Crippen molar-refractivity contribution in [2.45, 2.75) is 59.7 Å². The SMILES string of the molecule is CC[C@H](C)NC(=O)[C@H](C)N(Cc1cccc(C)c1)C(=O)CN(c1ccccc1C)S(C)(=O)=O. The summed E-state index contributed by atoms with van der Waals surface area (Å²) < 4.78 is 26.3. The van der Waals surface area contributed by atoms with Crippen LogP contribution < -0.4 is 9.62 Å². The van der Waals surface area contributed by atoms with Crippen molar-refractivity contribution in [2.75, 3.05) is 17.1 Å². The normalized spacial score (nSPS) is 13.2.